The Hall–Kier alpha value is -2.08. The summed E-state index contributed by atoms with van der Waals surface area (Å²) in [5.41, 5.74) is 0.268. The van der Waals surface area contributed by atoms with Crippen LogP contribution < -0.4 is 0 Å². The Morgan fingerprint density at radius 1 is 1.13 bits per heavy atom. The van der Waals surface area contributed by atoms with Crippen LogP contribution in [0.4, 0.5) is 8.78 Å². The Bertz CT molecular complexity index is 582. The highest BCUT2D eigenvalue weighted by Crippen LogP contribution is 2.27. The number of terminal acetylenes is 1. The van der Waals surface area contributed by atoms with E-state index in [1.54, 1.807) is 0 Å². The second-order valence-corrected chi connectivity index (χ2v) is 3.09. The predicted octanol–water partition coefficient (Wildman–Crippen LogP) is 2.80. The molecule has 0 aliphatic carbocycles. The van der Waals surface area contributed by atoms with E-state index < -0.39 is 11.6 Å². The van der Waals surface area contributed by atoms with Gasteiger partial charge in [-0.3, -0.25) is 0 Å². The zero-order valence-electron chi connectivity index (χ0n) is 7.59. The molecule has 0 saturated heterocycles. The maximum Gasteiger partial charge on any atom is 0.166 e. The Balaban J connectivity index is 2.98. The zero-order chi connectivity index (χ0) is 11.0. The Morgan fingerprint density at radius 3 is 2.53 bits per heavy atom. The second kappa shape index (κ2) is 3.25. The van der Waals surface area contributed by atoms with Crippen LogP contribution >= 0.6 is 0 Å². The minimum Gasteiger partial charge on any atom is -0.508 e. The number of rotatable bonds is 0. The SMILES string of the molecule is C#Cc1cc(F)c(F)c2cc(O)ccc12. The van der Waals surface area contributed by atoms with E-state index in [9.17, 15) is 8.78 Å². The summed E-state index contributed by atoms with van der Waals surface area (Å²) in [6, 6.07) is 4.95. The van der Waals surface area contributed by atoms with Crippen molar-refractivity contribution in [2.24, 2.45) is 0 Å². The van der Waals surface area contributed by atoms with Crippen molar-refractivity contribution in [2.75, 3.05) is 0 Å². The fourth-order valence-corrected chi connectivity index (χ4v) is 1.46. The number of phenolic OH excluding ortho intramolecular Hbond substituents is 1. The molecule has 15 heavy (non-hydrogen) atoms. The Labute approximate surface area is 85.0 Å². The van der Waals surface area contributed by atoms with Crippen molar-refractivity contribution in [3.8, 4) is 18.1 Å². The van der Waals surface area contributed by atoms with Gasteiger partial charge in [-0.05, 0) is 24.3 Å². The molecule has 74 valence electrons. The summed E-state index contributed by atoms with van der Waals surface area (Å²) in [7, 11) is 0. The van der Waals surface area contributed by atoms with Gasteiger partial charge in [0.1, 0.15) is 5.75 Å². The zero-order valence-corrected chi connectivity index (χ0v) is 7.59. The summed E-state index contributed by atoms with van der Waals surface area (Å²) < 4.78 is 26.4. The lowest BCUT2D eigenvalue weighted by Crippen LogP contribution is -1.90. The van der Waals surface area contributed by atoms with Crippen LogP contribution in [0.1, 0.15) is 5.56 Å². The topological polar surface area (TPSA) is 20.2 Å². The molecule has 0 aliphatic rings. The van der Waals surface area contributed by atoms with Crippen molar-refractivity contribution in [1.82, 2.24) is 0 Å². The molecule has 0 fully saturated rings. The molecule has 1 N–H and O–H groups in total. The normalized spacial score (nSPS) is 10.2. The first-order valence-electron chi connectivity index (χ1n) is 4.21. The van der Waals surface area contributed by atoms with Gasteiger partial charge in [0.15, 0.2) is 11.6 Å². The highest BCUT2D eigenvalue weighted by atomic mass is 19.2. The van der Waals surface area contributed by atoms with Gasteiger partial charge in [-0.1, -0.05) is 5.92 Å². The summed E-state index contributed by atoms with van der Waals surface area (Å²) in [5, 5.41) is 9.57. The molecule has 2 aromatic rings. The van der Waals surface area contributed by atoms with Crippen LogP contribution in [-0.4, -0.2) is 5.11 Å². The molecule has 1 nitrogen and oxygen atoms in total. The molecular formula is C12H6F2O. The molecule has 0 spiro atoms. The lowest BCUT2D eigenvalue weighted by Gasteiger charge is -2.04. The van der Waals surface area contributed by atoms with E-state index in [1.165, 1.54) is 12.1 Å². The van der Waals surface area contributed by atoms with Gasteiger partial charge in [-0.15, -0.1) is 6.42 Å². The number of phenols is 1. The minimum absolute atomic E-state index is 0.0112. The van der Waals surface area contributed by atoms with E-state index in [4.69, 9.17) is 11.5 Å². The van der Waals surface area contributed by atoms with Gasteiger partial charge >= 0.3 is 0 Å². The van der Waals surface area contributed by atoms with Gasteiger partial charge in [0, 0.05) is 16.3 Å². The fourth-order valence-electron chi connectivity index (χ4n) is 1.46. The summed E-state index contributed by atoms with van der Waals surface area (Å²) in [5.74, 6) is 0.127. The molecule has 0 aliphatic heterocycles. The molecule has 0 radical (unpaired) electrons. The molecular weight excluding hydrogens is 198 g/mol. The lowest BCUT2D eigenvalue weighted by atomic mass is 10.0. The first-order valence-corrected chi connectivity index (χ1v) is 4.21. The minimum atomic E-state index is -1.01. The molecule has 0 aromatic heterocycles. The van der Waals surface area contributed by atoms with E-state index in [2.05, 4.69) is 5.92 Å². The number of hydrogen-bond acceptors (Lipinski definition) is 1. The first-order chi connectivity index (χ1) is 7.13. The summed E-state index contributed by atoms with van der Waals surface area (Å²) in [4.78, 5) is 0. The molecule has 0 atom stereocenters. The van der Waals surface area contributed by atoms with E-state index >= 15 is 0 Å². The molecule has 0 unspecified atom stereocenters. The monoisotopic (exact) mass is 204 g/mol. The quantitative estimate of drug-likeness (QED) is 0.654. The average molecular weight is 204 g/mol. The number of aromatic hydroxyl groups is 1. The maximum atomic E-state index is 13.3. The summed E-state index contributed by atoms with van der Waals surface area (Å²) >= 11 is 0. The van der Waals surface area contributed by atoms with Gasteiger partial charge < -0.3 is 5.11 Å². The van der Waals surface area contributed by atoms with Gasteiger partial charge in [0.05, 0.1) is 0 Å². The van der Waals surface area contributed by atoms with E-state index in [1.807, 2.05) is 0 Å². The maximum absolute atomic E-state index is 13.3. The van der Waals surface area contributed by atoms with Crippen molar-refractivity contribution >= 4 is 10.8 Å². The third kappa shape index (κ3) is 1.40. The van der Waals surface area contributed by atoms with Crippen LogP contribution in [-0.2, 0) is 0 Å². The smallest absolute Gasteiger partial charge is 0.166 e. The van der Waals surface area contributed by atoms with Gasteiger partial charge in [0.25, 0.3) is 0 Å². The molecule has 0 bridgehead atoms. The van der Waals surface area contributed by atoms with Crippen LogP contribution in [0.25, 0.3) is 10.8 Å². The van der Waals surface area contributed by atoms with E-state index in [0.29, 0.717) is 5.39 Å². The predicted molar refractivity (Wildman–Crippen MR) is 53.5 cm³/mol. The van der Waals surface area contributed by atoms with Gasteiger partial charge in [0.2, 0.25) is 0 Å². The molecule has 3 heteroatoms. The van der Waals surface area contributed by atoms with Crippen molar-refractivity contribution < 1.29 is 13.9 Å². The van der Waals surface area contributed by atoms with Crippen LogP contribution in [0, 0.1) is 24.0 Å². The molecule has 0 saturated carbocycles. The van der Waals surface area contributed by atoms with Crippen LogP contribution in [0.2, 0.25) is 0 Å². The van der Waals surface area contributed by atoms with E-state index in [-0.39, 0.29) is 16.7 Å². The lowest BCUT2D eigenvalue weighted by molar-refractivity contribution is 0.475. The Kier molecular flexibility index (Phi) is 2.05. The highest BCUT2D eigenvalue weighted by molar-refractivity contribution is 5.89. The summed E-state index contributed by atoms with van der Waals surface area (Å²) in [6.07, 6.45) is 5.17. The van der Waals surface area contributed by atoms with Crippen molar-refractivity contribution in [3.05, 3.63) is 41.5 Å². The number of benzene rings is 2. The Morgan fingerprint density at radius 2 is 1.87 bits per heavy atom. The standard InChI is InChI=1S/C12H6F2O/c1-2-7-5-11(13)12(14)10-6-8(15)3-4-9(7)10/h1,3-6,15H. The van der Waals surface area contributed by atoms with Gasteiger partial charge in [-0.25, -0.2) is 8.78 Å². The number of fused-ring (bicyclic) bond motifs is 1. The molecule has 2 aromatic carbocycles. The molecule has 0 amide bonds. The van der Waals surface area contributed by atoms with Crippen molar-refractivity contribution in [1.29, 1.82) is 0 Å². The number of hydrogen-bond donors (Lipinski definition) is 1. The molecule has 0 heterocycles. The largest absolute Gasteiger partial charge is 0.508 e. The van der Waals surface area contributed by atoms with Gasteiger partial charge in [-0.2, -0.15) is 0 Å². The molecule has 2 rings (SSSR count). The van der Waals surface area contributed by atoms with E-state index in [0.717, 1.165) is 12.1 Å². The average Bonchev–Trinajstić information content (AvgIpc) is 2.23. The van der Waals surface area contributed by atoms with Crippen LogP contribution in [0.3, 0.4) is 0 Å². The third-order valence-electron chi connectivity index (χ3n) is 2.17. The third-order valence-corrected chi connectivity index (χ3v) is 2.17. The van der Waals surface area contributed by atoms with Crippen molar-refractivity contribution in [3.63, 3.8) is 0 Å². The second-order valence-electron chi connectivity index (χ2n) is 3.09. The van der Waals surface area contributed by atoms with Crippen LogP contribution in [0.5, 0.6) is 5.75 Å². The van der Waals surface area contributed by atoms with Crippen LogP contribution in [0.15, 0.2) is 24.3 Å². The number of halogens is 2. The highest BCUT2D eigenvalue weighted by Gasteiger charge is 2.11. The first kappa shape index (κ1) is 9.47. The summed E-state index contributed by atoms with van der Waals surface area (Å²) in [6.45, 7) is 0. The fraction of sp³-hybridized carbons (Fsp3) is 0. The van der Waals surface area contributed by atoms with Crippen molar-refractivity contribution in [2.45, 2.75) is 0 Å².